The van der Waals surface area contributed by atoms with Crippen molar-refractivity contribution in [3.63, 3.8) is 0 Å². The molecule has 1 N–H and O–H groups in total. The highest BCUT2D eigenvalue weighted by molar-refractivity contribution is 5.32. The van der Waals surface area contributed by atoms with Gasteiger partial charge in [0.15, 0.2) is 0 Å². The highest BCUT2D eigenvalue weighted by Gasteiger charge is 2.55. The van der Waals surface area contributed by atoms with Crippen LogP contribution in [0.25, 0.3) is 0 Å². The Hall–Kier alpha value is -0.970. The highest BCUT2D eigenvalue weighted by Crippen LogP contribution is 2.56. The Morgan fingerprint density at radius 1 is 1.40 bits per heavy atom. The Balaban J connectivity index is 1.88. The Kier molecular flexibility index (Phi) is 1.86. The van der Waals surface area contributed by atoms with E-state index in [1.807, 2.05) is 0 Å². The number of piperidine rings is 1. The lowest BCUT2D eigenvalue weighted by atomic mass is 10.1. The first kappa shape index (κ1) is 9.27. The van der Waals surface area contributed by atoms with Gasteiger partial charge < -0.3 is 9.84 Å². The first-order valence-corrected chi connectivity index (χ1v) is 5.15. The number of hydrogen-bond donors (Lipinski definition) is 1. The van der Waals surface area contributed by atoms with Crippen LogP contribution in [0.3, 0.4) is 0 Å². The van der Waals surface area contributed by atoms with E-state index in [1.54, 1.807) is 6.92 Å². The molecule has 1 aliphatic carbocycles. The molecule has 3 nitrogen and oxygen atoms in total. The van der Waals surface area contributed by atoms with Crippen LogP contribution >= 0.6 is 0 Å². The summed E-state index contributed by atoms with van der Waals surface area (Å²) in [4.78, 5) is 0. The molecule has 5 heteroatoms. The summed E-state index contributed by atoms with van der Waals surface area (Å²) in [7, 11) is 0. The lowest BCUT2D eigenvalue weighted by Crippen LogP contribution is -2.14. The van der Waals surface area contributed by atoms with Gasteiger partial charge in [-0.1, -0.05) is 5.16 Å². The SMILES string of the molecule is Cc1c(C2[C@H]3CNC[C@@H]23)noc1C(F)F. The Morgan fingerprint density at radius 2 is 2.07 bits per heavy atom. The smallest absolute Gasteiger partial charge is 0.298 e. The van der Waals surface area contributed by atoms with Crippen molar-refractivity contribution in [2.45, 2.75) is 19.3 Å². The minimum Gasteiger partial charge on any atom is -0.355 e. The van der Waals surface area contributed by atoms with Crippen LogP contribution in [0.5, 0.6) is 0 Å². The quantitative estimate of drug-likeness (QED) is 0.816. The number of nitrogens with one attached hydrogen (secondary N) is 1. The molecule has 0 bridgehead atoms. The van der Waals surface area contributed by atoms with Crippen molar-refractivity contribution in [1.82, 2.24) is 10.5 Å². The Morgan fingerprint density at radius 3 is 2.60 bits per heavy atom. The number of nitrogens with zero attached hydrogens (tertiary/aromatic N) is 1. The predicted octanol–water partition coefficient (Wildman–Crippen LogP) is 1.85. The van der Waals surface area contributed by atoms with Gasteiger partial charge in [-0.2, -0.15) is 0 Å². The van der Waals surface area contributed by atoms with Crippen LogP contribution in [0.2, 0.25) is 0 Å². The molecule has 82 valence electrons. The Bertz CT molecular complexity index is 381. The van der Waals surface area contributed by atoms with Crippen molar-refractivity contribution in [2.24, 2.45) is 11.8 Å². The summed E-state index contributed by atoms with van der Waals surface area (Å²) in [5.41, 5.74) is 1.30. The van der Waals surface area contributed by atoms with Crippen LogP contribution in [0.1, 0.15) is 29.4 Å². The molecule has 1 aromatic rings. The van der Waals surface area contributed by atoms with E-state index in [-0.39, 0.29) is 5.76 Å². The average Bonchev–Trinajstić information content (AvgIpc) is 2.63. The molecule has 2 fully saturated rings. The van der Waals surface area contributed by atoms with Gasteiger partial charge in [0.05, 0.1) is 5.69 Å². The molecule has 2 heterocycles. The van der Waals surface area contributed by atoms with E-state index in [1.165, 1.54) is 0 Å². The summed E-state index contributed by atoms with van der Waals surface area (Å²) < 4.78 is 29.6. The zero-order valence-electron chi connectivity index (χ0n) is 8.34. The molecule has 1 saturated heterocycles. The predicted molar refractivity (Wildman–Crippen MR) is 48.8 cm³/mol. The zero-order chi connectivity index (χ0) is 10.6. The largest absolute Gasteiger partial charge is 0.355 e. The molecule has 0 aromatic carbocycles. The van der Waals surface area contributed by atoms with Crippen molar-refractivity contribution in [2.75, 3.05) is 13.1 Å². The summed E-state index contributed by atoms with van der Waals surface area (Å²) >= 11 is 0. The number of alkyl halides is 2. The van der Waals surface area contributed by atoms with Gasteiger partial charge in [-0.05, 0) is 31.8 Å². The van der Waals surface area contributed by atoms with Gasteiger partial charge in [0.25, 0.3) is 6.43 Å². The molecule has 0 amide bonds. The molecular weight excluding hydrogens is 202 g/mol. The second-order valence-electron chi connectivity index (χ2n) is 4.37. The van der Waals surface area contributed by atoms with Gasteiger partial charge in [-0.25, -0.2) is 8.78 Å². The normalized spacial score (nSPS) is 33.5. The zero-order valence-corrected chi connectivity index (χ0v) is 8.34. The van der Waals surface area contributed by atoms with Gasteiger partial charge in [-0.15, -0.1) is 0 Å². The molecule has 1 unspecified atom stereocenters. The van der Waals surface area contributed by atoms with Crippen LogP contribution in [0.4, 0.5) is 8.78 Å². The third-order valence-electron chi connectivity index (χ3n) is 3.60. The topological polar surface area (TPSA) is 38.1 Å². The summed E-state index contributed by atoms with van der Waals surface area (Å²) in [5, 5.41) is 7.06. The molecule has 1 aliphatic heterocycles. The fraction of sp³-hybridized carbons (Fsp3) is 0.700. The summed E-state index contributed by atoms with van der Waals surface area (Å²) in [6.07, 6.45) is -2.55. The standard InChI is InChI=1S/C10H12F2N2O/c1-4-8(14-15-9(4)10(11)12)7-5-2-13-3-6(5)7/h5-7,10,13H,2-3H2,1H3/t5-,6+,7?. The summed E-state index contributed by atoms with van der Waals surface area (Å²) in [5.74, 6) is 1.25. The third-order valence-corrected chi connectivity index (χ3v) is 3.60. The molecule has 3 atom stereocenters. The van der Waals surface area contributed by atoms with Crippen LogP contribution in [0, 0.1) is 18.8 Å². The van der Waals surface area contributed by atoms with E-state index in [0.29, 0.717) is 23.3 Å². The minimum atomic E-state index is -2.55. The van der Waals surface area contributed by atoms with E-state index < -0.39 is 6.43 Å². The van der Waals surface area contributed by atoms with Crippen molar-refractivity contribution in [3.8, 4) is 0 Å². The van der Waals surface area contributed by atoms with E-state index in [2.05, 4.69) is 10.5 Å². The second kappa shape index (κ2) is 3.01. The van der Waals surface area contributed by atoms with Crippen LogP contribution < -0.4 is 5.32 Å². The van der Waals surface area contributed by atoms with Crippen LogP contribution in [-0.4, -0.2) is 18.2 Å². The molecule has 0 spiro atoms. The first-order valence-electron chi connectivity index (χ1n) is 5.15. The molecule has 1 aromatic heterocycles. The van der Waals surface area contributed by atoms with E-state index >= 15 is 0 Å². The van der Waals surface area contributed by atoms with Gasteiger partial charge in [0.1, 0.15) is 0 Å². The maximum atomic E-state index is 12.5. The maximum Gasteiger partial charge on any atom is 0.298 e. The van der Waals surface area contributed by atoms with Crippen molar-refractivity contribution in [3.05, 3.63) is 17.0 Å². The molecule has 0 radical (unpaired) electrons. The van der Waals surface area contributed by atoms with Gasteiger partial charge in [-0.3, -0.25) is 0 Å². The molecule has 15 heavy (non-hydrogen) atoms. The van der Waals surface area contributed by atoms with E-state index in [9.17, 15) is 8.78 Å². The summed E-state index contributed by atoms with van der Waals surface area (Å²) in [6, 6.07) is 0. The number of hydrogen-bond acceptors (Lipinski definition) is 3. The number of rotatable bonds is 2. The lowest BCUT2D eigenvalue weighted by molar-refractivity contribution is 0.111. The summed E-state index contributed by atoms with van der Waals surface area (Å²) in [6.45, 7) is 3.63. The van der Waals surface area contributed by atoms with E-state index in [4.69, 9.17) is 4.52 Å². The lowest BCUT2D eigenvalue weighted by Gasteiger charge is -2.01. The third kappa shape index (κ3) is 1.22. The molecule has 3 rings (SSSR count). The fourth-order valence-corrected chi connectivity index (χ4v) is 2.70. The monoisotopic (exact) mass is 214 g/mol. The van der Waals surface area contributed by atoms with Crippen molar-refractivity contribution in [1.29, 1.82) is 0 Å². The molecule has 1 saturated carbocycles. The maximum absolute atomic E-state index is 12.5. The fourth-order valence-electron chi connectivity index (χ4n) is 2.70. The molecule has 2 aliphatic rings. The van der Waals surface area contributed by atoms with E-state index in [0.717, 1.165) is 18.8 Å². The minimum absolute atomic E-state index is 0.261. The van der Waals surface area contributed by atoms with Gasteiger partial charge >= 0.3 is 0 Å². The number of halogens is 2. The van der Waals surface area contributed by atoms with Crippen LogP contribution in [0.15, 0.2) is 4.52 Å². The first-order chi connectivity index (χ1) is 7.20. The van der Waals surface area contributed by atoms with Gasteiger partial charge in [0.2, 0.25) is 5.76 Å². The number of aromatic nitrogens is 1. The average molecular weight is 214 g/mol. The molecular formula is C10H12F2N2O. The highest BCUT2D eigenvalue weighted by atomic mass is 19.3. The van der Waals surface area contributed by atoms with Crippen LogP contribution in [-0.2, 0) is 0 Å². The number of fused-ring (bicyclic) bond motifs is 1. The van der Waals surface area contributed by atoms with Crippen molar-refractivity contribution >= 4 is 0 Å². The van der Waals surface area contributed by atoms with Gasteiger partial charge in [0, 0.05) is 11.5 Å². The second-order valence-corrected chi connectivity index (χ2v) is 4.37. The van der Waals surface area contributed by atoms with Crippen molar-refractivity contribution < 1.29 is 13.3 Å². The Labute approximate surface area is 85.8 Å².